The highest BCUT2D eigenvalue weighted by molar-refractivity contribution is 7.91. The summed E-state index contributed by atoms with van der Waals surface area (Å²) in [6, 6.07) is 1.10. The first-order valence-electron chi connectivity index (χ1n) is 6.72. The molecule has 0 unspecified atom stereocenters. The van der Waals surface area contributed by atoms with Crippen LogP contribution in [0.25, 0.3) is 11.3 Å². The Balaban J connectivity index is 2.67. The van der Waals surface area contributed by atoms with E-state index in [9.17, 15) is 17.2 Å². The van der Waals surface area contributed by atoms with Crippen LogP contribution < -0.4 is 0 Å². The van der Waals surface area contributed by atoms with Crippen LogP contribution >= 0.6 is 0 Å². The third kappa shape index (κ3) is 3.13. The molecule has 0 atom stereocenters. The van der Waals surface area contributed by atoms with Crippen molar-refractivity contribution >= 4 is 9.84 Å². The van der Waals surface area contributed by atoms with Crippen molar-refractivity contribution in [2.24, 2.45) is 0 Å². The van der Waals surface area contributed by atoms with Gasteiger partial charge in [-0.05, 0) is 19.9 Å². The molecule has 0 radical (unpaired) electrons. The highest BCUT2D eigenvalue weighted by atomic mass is 32.2. The van der Waals surface area contributed by atoms with Crippen LogP contribution in [0.15, 0.2) is 17.4 Å². The monoisotopic (exact) mass is 330 g/mol. The number of nitrogens with zero attached hydrogens (tertiary/aromatic N) is 4. The van der Waals surface area contributed by atoms with Crippen LogP contribution in [-0.4, -0.2) is 33.9 Å². The second-order valence-electron chi connectivity index (χ2n) is 4.65. The third-order valence-corrected chi connectivity index (χ3v) is 4.65. The van der Waals surface area contributed by atoms with Gasteiger partial charge in [0.05, 0.1) is 17.1 Å². The summed E-state index contributed by atoms with van der Waals surface area (Å²) in [5.74, 6) is -0.258. The second-order valence-corrected chi connectivity index (χ2v) is 6.82. The smallest absolute Gasteiger partial charge is 0.272 e. The maximum Gasteiger partial charge on any atom is 0.280 e. The van der Waals surface area contributed by atoms with E-state index in [4.69, 9.17) is 0 Å². The number of alkyl halides is 2. The topological polar surface area (TPSA) is 77.7 Å². The minimum Gasteiger partial charge on any atom is -0.272 e. The molecule has 0 aliphatic carbocycles. The Morgan fingerprint density at radius 2 is 1.95 bits per heavy atom. The molecule has 0 bridgehead atoms. The van der Waals surface area contributed by atoms with Gasteiger partial charge in [-0.25, -0.2) is 27.2 Å². The maximum absolute atomic E-state index is 13.0. The highest BCUT2D eigenvalue weighted by Crippen LogP contribution is 2.26. The fourth-order valence-electron chi connectivity index (χ4n) is 1.89. The summed E-state index contributed by atoms with van der Waals surface area (Å²) in [5, 5.41) is 3.63. The average molecular weight is 330 g/mol. The lowest BCUT2D eigenvalue weighted by molar-refractivity contribution is 0.145. The summed E-state index contributed by atoms with van der Waals surface area (Å²) >= 11 is 0. The van der Waals surface area contributed by atoms with Crippen LogP contribution in [-0.2, 0) is 16.4 Å². The molecule has 0 aliphatic heterocycles. The largest absolute Gasteiger partial charge is 0.280 e. The van der Waals surface area contributed by atoms with E-state index in [-0.39, 0.29) is 11.4 Å². The summed E-state index contributed by atoms with van der Waals surface area (Å²) in [6.45, 7) is 5.61. The second kappa shape index (κ2) is 6.07. The molecule has 2 rings (SSSR count). The molecule has 2 heterocycles. The van der Waals surface area contributed by atoms with Crippen LogP contribution in [0, 0.1) is 6.92 Å². The lowest BCUT2D eigenvalue weighted by Gasteiger charge is -2.07. The van der Waals surface area contributed by atoms with Crippen molar-refractivity contribution in [2.45, 2.75) is 38.9 Å². The SMILES string of the molecule is CCn1cc(-c2cc(C(F)F)nc(S(=O)(=O)CC)n2)c(C)n1. The molecular weight excluding hydrogens is 314 g/mol. The van der Waals surface area contributed by atoms with E-state index >= 15 is 0 Å². The summed E-state index contributed by atoms with van der Waals surface area (Å²) in [4.78, 5) is 7.43. The predicted octanol–water partition coefficient (Wildman–Crippen LogP) is 2.40. The van der Waals surface area contributed by atoms with Gasteiger partial charge < -0.3 is 0 Å². The Kier molecular flexibility index (Phi) is 4.55. The number of aromatic nitrogens is 4. The van der Waals surface area contributed by atoms with Crippen molar-refractivity contribution in [3.8, 4) is 11.3 Å². The van der Waals surface area contributed by atoms with Crippen molar-refractivity contribution in [1.29, 1.82) is 0 Å². The van der Waals surface area contributed by atoms with Gasteiger partial charge in [0.25, 0.3) is 6.43 Å². The first kappa shape index (κ1) is 16.5. The van der Waals surface area contributed by atoms with Crippen molar-refractivity contribution < 1.29 is 17.2 Å². The molecule has 0 N–H and O–H groups in total. The van der Waals surface area contributed by atoms with E-state index in [0.717, 1.165) is 6.07 Å². The van der Waals surface area contributed by atoms with E-state index in [1.54, 1.807) is 17.8 Å². The number of aryl methyl sites for hydroxylation is 2. The molecule has 0 fully saturated rings. The van der Waals surface area contributed by atoms with Crippen molar-refractivity contribution in [2.75, 3.05) is 5.75 Å². The van der Waals surface area contributed by atoms with Crippen molar-refractivity contribution in [3.05, 3.63) is 23.7 Å². The fraction of sp³-hybridized carbons (Fsp3) is 0.462. The minimum absolute atomic E-state index is 0.134. The van der Waals surface area contributed by atoms with Crippen molar-refractivity contribution in [3.63, 3.8) is 0 Å². The van der Waals surface area contributed by atoms with E-state index in [0.29, 0.717) is 17.8 Å². The predicted molar refractivity (Wildman–Crippen MR) is 76.3 cm³/mol. The molecule has 22 heavy (non-hydrogen) atoms. The van der Waals surface area contributed by atoms with Gasteiger partial charge in [0.2, 0.25) is 15.0 Å². The van der Waals surface area contributed by atoms with Crippen LogP contribution in [0.3, 0.4) is 0 Å². The first-order valence-corrected chi connectivity index (χ1v) is 8.38. The Hall–Kier alpha value is -1.90. The van der Waals surface area contributed by atoms with Crippen LogP contribution in [0.2, 0.25) is 0 Å². The zero-order chi connectivity index (χ0) is 16.5. The van der Waals surface area contributed by atoms with E-state index in [2.05, 4.69) is 15.1 Å². The van der Waals surface area contributed by atoms with Crippen LogP contribution in [0.1, 0.15) is 31.7 Å². The zero-order valence-electron chi connectivity index (χ0n) is 12.4. The van der Waals surface area contributed by atoms with Gasteiger partial charge >= 0.3 is 0 Å². The molecule has 6 nitrogen and oxygen atoms in total. The van der Waals surface area contributed by atoms with Gasteiger partial charge in [-0.1, -0.05) is 6.92 Å². The Bertz CT molecular complexity index is 787. The Labute approximate surface area is 127 Å². The van der Waals surface area contributed by atoms with Gasteiger partial charge in [-0.15, -0.1) is 0 Å². The molecule has 0 saturated carbocycles. The summed E-state index contributed by atoms with van der Waals surface area (Å²) in [6.07, 6.45) is -1.23. The van der Waals surface area contributed by atoms with Gasteiger partial charge in [0.15, 0.2) is 0 Å². The molecule has 0 spiro atoms. The normalized spacial score (nSPS) is 12.1. The molecule has 0 amide bonds. The quantitative estimate of drug-likeness (QED) is 0.787. The summed E-state index contributed by atoms with van der Waals surface area (Å²) < 4.78 is 51.5. The maximum atomic E-state index is 13.0. The Morgan fingerprint density at radius 1 is 1.27 bits per heavy atom. The fourth-order valence-corrected chi connectivity index (χ4v) is 2.63. The molecular formula is C13H16F2N4O2S. The van der Waals surface area contributed by atoms with E-state index < -0.39 is 27.1 Å². The van der Waals surface area contributed by atoms with Gasteiger partial charge in [-0.3, -0.25) is 4.68 Å². The van der Waals surface area contributed by atoms with Crippen molar-refractivity contribution in [1.82, 2.24) is 19.7 Å². The number of hydrogen-bond donors (Lipinski definition) is 0. The molecule has 2 aromatic heterocycles. The third-order valence-electron chi connectivity index (χ3n) is 3.15. The number of hydrogen-bond acceptors (Lipinski definition) is 5. The average Bonchev–Trinajstić information content (AvgIpc) is 2.87. The zero-order valence-corrected chi connectivity index (χ0v) is 13.2. The molecule has 2 aromatic rings. The molecule has 0 saturated heterocycles. The van der Waals surface area contributed by atoms with Gasteiger partial charge in [-0.2, -0.15) is 5.10 Å². The first-order chi connectivity index (χ1) is 10.3. The lowest BCUT2D eigenvalue weighted by atomic mass is 10.2. The van der Waals surface area contributed by atoms with Gasteiger partial charge in [0.1, 0.15) is 5.69 Å². The van der Waals surface area contributed by atoms with E-state index in [1.165, 1.54) is 6.92 Å². The number of halogens is 2. The molecule has 120 valence electrons. The van der Waals surface area contributed by atoms with Crippen LogP contribution in [0.4, 0.5) is 8.78 Å². The lowest BCUT2D eigenvalue weighted by Crippen LogP contribution is -2.11. The minimum atomic E-state index is -3.78. The van der Waals surface area contributed by atoms with Crippen LogP contribution in [0.5, 0.6) is 0 Å². The standard InChI is InChI=1S/C13H16F2N4O2S/c1-4-19-7-9(8(3)18-19)10-6-11(12(14)15)17-13(16-10)22(20,21)5-2/h6-7,12H,4-5H2,1-3H3. The highest BCUT2D eigenvalue weighted by Gasteiger charge is 2.22. The Morgan fingerprint density at radius 3 is 2.45 bits per heavy atom. The molecule has 0 aromatic carbocycles. The molecule has 9 heteroatoms. The van der Waals surface area contributed by atoms with Gasteiger partial charge in [0, 0.05) is 18.3 Å². The number of rotatable bonds is 5. The number of sulfone groups is 1. The molecule has 0 aliphatic rings. The summed E-state index contributed by atoms with van der Waals surface area (Å²) in [7, 11) is -3.78. The van der Waals surface area contributed by atoms with E-state index in [1.807, 2.05) is 6.92 Å². The summed E-state index contributed by atoms with van der Waals surface area (Å²) in [5.41, 5.74) is 0.620.